The van der Waals surface area contributed by atoms with E-state index in [1.807, 2.05) is 6.07 Å². The zero-order chi connectivity index (χ0) is 23.5. The Labute approximate surface area is 211 Å². The molecule has 0 unspecified atom stereocenters. The van der Waals surface area contributed by atoms with Gasteiger partial charge in [-0.15, -0.1) is 0 Å². The Balaban J connectivity index is 1.52. The van der Waals surface area contributed by atoms with Crippen molar-refractivity contribution in [3.8, 4) is 5.75 Å². The molecule has 1 heterocycles. The molecule has 1 aliphatic heterocycles. The summed E-state index contributed by atoms with van der Waals surface area (Å²) in [7, 11) is 0. The average molecular weight is 594 g/mol. The minimum atomic E-state index is -0.590. The fourth-order valence-corrected chi connectivity index (χ4v) is 4.75. The third kappa shape index (κ3) is 5.29. The van der Waals surface area contributed by atoms with Crippen LogP contribution in [0.5, 0.6) is 5.75 Å². The number of carbonyl (C=O) groups excluding carboxylic acids is 3. The maximum absolute atomic E-state index is 14.1. The molecular formula is C24H14ClFINO4S. The van der Waals surface area contributed by atoms with Crippen molar-refractivity contribution in [3.63, 3.8) is 0 Å². The third-order valence-electron chi connectivity index (χ3n) is 4.71. The molecule has 0 bridgehead atoms. The van der Waals surface area contributed by atoms with Gasteiger partial charge in [0.25, 0.3) is 11.1 Å². The molecule has 1 saturated heterocycles. The molecule has 1 fully saturated rings. The number of thioether (sulfide) groups is 1. The quantitative estimate of drug-likeness (QED) is 0.146. The summed E-state index contributed by atoms with van der Waals surface area (Å²) in [5.74, 6) is -1.34. The van der Waals surface area contributed by atoms with Gasteiger partial charge in [0.2, 0.25) is 0 Å². The monoisotopic (exact) mass is 593 g/mol. The lowest BCUT2D eigenvalue weighted by atomic mass is 10.1. The van der Waals surface area contributed by atoms with Crippen molar-refractivity contribution >= 4 is 69.1 Å². The van der Waals surface area contributed by atoms with Crippen LogP contribution in [0.4, 0.5) is 9.18 Å². The minimum Gasteiger partial charge on any atom is -0.423 e. The smallest absolute Gasteiger partial charge is 0.344 e. The van der Waals surface area contributed by atoms with Crippen molar-refractivity contribution in [1.82, 2.24) is 4.90 Å². The van der Waals surface area contributed by atoms with Gasteiger partial charge in [0.15, 0.2) is 0 Å². The van der Waals surface area contributed by atoms with Crippen LogP contribution >= 0.6 is 46.0 Å². The van der Waals surface area contributed by atoms with E-state index >= 15 is 0 Å². The molecule has 9 heteroatoms. The molecule has 0 aromatic heterocycles. The number of ether oxygens (including phenoxy) is 1. The molecule has 3 aromatic carbocycles. The Bertz CT molecular complexity index is 1290. The number of nitrogens with zero attached hydrogens (tertiary/aromatic N) is 1. The van der Waals surface area contributed by atoms with E-state index < -0.39 is 22.9 Å². The molecule has 0 saturated carbocycles. The van der Waals surface area contributed by atoms with Gasteiger partial charge in [-0.3, -0.25) is 14.5 Å². The average Bonchev–Trinajstić information content (AvgIpc) is 3.04. The van der Waals surface area contributed by atoms with Gasteiger partial charge in [-0.25, -0.2) is 9.18 Å². The van der Waals surface area contributed by atoms with Gasteiger partial charge in [0.1, 0.15) is 11.6 Å². The number of carbonyl (C=O) groups is 3. The molecule has 0 radical (unpaired) electrons. The Kier molecular flexibility index (Phi) is 7.16. The van der Waals surface area contributed by atoms with Gasteiger partial charge in [0, 0.05) is 14.2 Å². The van der Waals surface area contributed by atoms with Crippen LogP contribution in [0.25, 0.3) is 6.08 Å². The Morgan fingerprint density at radius 2 is 1.85 bits per heavy atom. The van der Waals surface area contributed by atoms with E-state index in [1.165, 1.54) is 24.3 Å². The predicted octanol–water partition coefficient (Wildman–Crippen LogP) is 6.54. The number of halogens is 3. The second kappa shape index (κ2) is 10.1. The van der Waals surface area contributed by atoms with Crippen molar-refractivity contribution in [3.05, 3.63) is 103 Å². The van der Waals surface area contributed by atoms with E-state index in [9.17, 15) is 18.8 Å². The molecule has 1 aliphatic rings. The Morgan fingerprint density at radius 1 is 1.09 bits per heavy atom. The number of rotatable bonds is 5. The van der Waals surface area contributed by atoms with Crippen LogP contribution < -0.4 is 4.74 Å². The summed E-state index contributed by atoms with van der Waals surface area (Å²) in [5, 5.41) is -0.382. The summed E-state index contributed by atoms with van der Waals surface area (Å²) < 4.78 is 20.3. The number of amides is 2. The molecular weight excluding hydrogens is 580 g/mol. The molecule has 3 aromatic rings. The first-order chi connectivity index (χ1) is 15.8. The summed E-state index contributed by atoms with van der Waals surface area (Å²) >= 11 is 8.84. The maximum atomic E-state index is 14.1. The first kappa shape index (κ1) is 23.5. The van der Waals surface area contributed by atoms with Crippen LogP contribution in [-0.2, 0) is 11.3 Å². The van der Waals surface area contributed by atoms with Crippen molar-refractivity contribution in [2.24, 2.45) is 0 Å². The zero-order valence-electron chi connectivity index (χ0n) is 16.8. The Morgan fingerprint density at radius 3 is 2.61 bits per heavy atom. The second-order valence-corrected chi connectivity index (χ2v) is 9.47. The molecule has 166 valence electrons. The number of imide groups is 1. The summed E-state index contributed by atoms with van der Waals surface area (Å²) in [5.41, 5.74) is 1.08. The lowest BCUT2D eigenvalue weighted by molar-refractivity contribution is -0.123. The molecule has 0 atom stereocenters. The number of benzene rings is 3. The van der Waals surface area contributed by atoms with Crippen molar-refractivity contribution in [1.29, 1.82) is 0 Å². The second-order valence-electron chi connectivity index (χ2n) is 6.91. The molecule has 5 nitrogen and oxygen atoms in total. The van der Waals surface area contributed by atoms with Crippen LogP contribution in [0, 0.1) is 9.39 Å². The standard InChI is InChI=1S/C24H14ClFINO4S/c25-18-8-4-9-19(26)17(18)13-28-22(29)21(33-24(28)31)12-14-5-3-6-15(11-14)32-23(30)16-7-1-2-10-20(16)27/h1-12H,13H2/b21-12-. The first-order valence-electron chi connectivity index (χ1n) is 9.58. The van der Waals surface area contributed by atoms with Crippen LogP contribution in [0.1, 0.15) is 21.5 Å². The van der Waals surface area contributed by atoms with Crippen molar-refractivity contribution in [2.45, 2.75) is 6.54 Å². The normalized spacial score (nSPS) is 14.8. The van der Waals surface area contributed by atoms with Gasteiger partial charge >= 0.3 is 5.97 Å². The van der Waals surface area contributed by atoms with E-state index in [0.717, 1.165) is 20.2 Å². The number of hydrogen-bond donors (Lipinski definition) is 0. The zero-order valence-corrected chi connectivity index (χ0v) is 20.5. The third-order valence-corrected chi connectivity index (χ3v) is 6.91. The first-order valence-corrected chi connectivity index (χ1v) is 11.9. The van der Waals surface area contributed by atoms with Crippen LogP contribution in [-0.4, -0.2) is 22.0 Å². The molecule has 0 spiro atoms. The molecule has 0 N–H and O–H groups in total. The summed E-state index contributed by atoms with van der Waals surface area (Å²) in [6.07, 6.45) is 1.53. The van der Waals surface area contributed by atoms with Gasteiger partial charge in [-0.2, -0.15) is 0 Å². The highest BCUT2D eigenvalue weighted by molar-refractivity contribution is 14.1. The van der Waals surface area contributed by atoms with Crippen molar-refractivity contribution in [2.75, 3.05) is 0 Å². The minimum absolute atomic E-state index is 0.0761. The SMILES string of the molecule is O=C(Oc1cccc(/C=C2\SC(=O)N(Cc3c(F)cccc3Cl)C2=O)c1)c1ccccc1I. The van der Waals surface area contributed by atoms with Crippen molar-refractivity contribution < 1.29 is 23.5 Å². The highest BCUT2D eigenvalue weighted by atomic mass is 127. The largest absolute Gasteiger partial charge is 0.423 e. The van der Waals surface area contributed by atoms with Crippen LogP contribution in [0.2, 0.25) is 5.02 Å². The van der Waals surface area contributed by atoms with Crippen LogP contribution in [0.15, 0.2) is 71.6 Å². The fourth-order valence-electron chi connectivity index (χ4n) is 3.09. The van der Waals surface area contributed by atoms with E-state index in [2.05, 4.69) is 22.6 Å². The molecule has 0 aliphatic carbocycles. The van der Waals surface area contributed by atoms with Gasteiger partial charge in [0.05, 0.1) is 17.0 Å². The maximum Gasteiger partial charge on any atom is 0.344 e. The Hall–Kier alpha value is -2.69. The molecule has 33 heavy (non-hydrogen) atoms. The summed E-state index contributed by atoms with van der Waals surface area (Å²) in [6.45, 7) is -0.263. The van der Waals surface area contributed by atoms with Gasteiger partial charge in [-0.1, -0.05) is 41.9 Å². The summed E-state index contributed by atoms with van der Waals surface area (Å²) in [6, 6.07) is 17.8. The van der Waals surface area contributed by atoms with E-state index in [0.29, 0.717) is 16.9 Å². The molecule has 4 rings (SSSR count). The lowest BCUT2D eigenvalue weighted by Gasteiger charge is -2.14. The van der Waals surface area contributed by atoms with E-state index in [1.54, 1.807) is 42.5 Å². The number of hydrogen-bond acceptors (Lipinski definition) is 5. The van der Waals surface area contributed by atoms with Crippen LogP contribution in [0.3, 0.4) is 0 Å². The number of esters is 1. The van der Waals surface area contributed by atoms with Gasteiger partial charge in [-0.05, 0) is 82.4 Å². The van der Waals surface area contributed by atoms with E-state index in [-0.39, 0.29) is 22.0 Å². The highest BCUT2D eigenvalue weighted by Gasteiger charge is 2.35. The summed E-state index contributed by atoms with van der Waals surface area (Å²) in [4.78, 5) is 38.8. The predicted molar refractivity (Wildman–Crippen MR) is 133 cm³/mol. The van der Waals surface area contributed by atoms with Gasteiger partial charge < -0.3 is 4.74 Å². The highest BCUT2D eigenvalue weighted by Crippen LogP contribution is 2.35. The van der Waals surface area contributed by atoms with E-state index in [4.69, 9.17) is 16.3 Å². The molecule has 2 amide bonds. The fraction of sp³-hybridized carbons (Fsp3) is 0.0417. The topological polar surface area (TPSA) is 63.7 Å². The lowest BCUT2D eigenvalue weighted by Crippen LogP contribution is -2.28.